The van der Waals surface area contributed by atoms with Crippen LogP contribution in [-0.2, 0) is 14.8 Å². The summed E-state index contributed by atoms with van der Waals surface area (Å²) in [6.45, 7) is 7.85. The van der Waals surface area contributed by atoms with Crippen LogP contribution >= 0.6 is 0 Å². The lowest BCUT2D eigenvalue weighted by atomic mass is 10.2. The highest BCUT2D eigenvalue weighted by Crippen LogP contribution is 2.20. The standard InChI is InChI=1S/C18H23N5O3S/c1-13-4-5-16(14(2)12-13)27(25,26)21-17-6-7-18(20-19-17)23-10-8-22(9-11-23)15(3)24/h4-7,12H,8-11H2,1-3H3,(H,19,21). The molecular weight excluding hydrogens is 366 g/mol. The lowest BCUT2D eigenvalue weighted by Crippen LogP contribution is -2.48. The van der Waals surface area contributed by atoms with Crippen molar-refractivity contribution in [3.63, 3.8) is 0 Å². The topological polar surface area (TPSA) is 95.5 Å². The molecule has 0 radical (unpaired) electrons. The SMILES string of the molecule is CC(=O)N1CCN(c2ccc(NS(=O)(=O)c3ccc(C)cc3C)nn2)CC1. The molecule has 1 aromatic carbocycles. The second-order valence-electron chi connectivity index (χ2n) is 6.64. The molecule has 8 nitrogen and oxygen atoms in total. The van der Waals surface area contributed by atoms with Gasteiger partial charge in [-0.3, -0.25) is 9.52 Å². The third-order valence-electron chi connectivity index (χ3n) is 4.56. The first-order valence-electron chi connectivity index (χ1n) is 8.70. The van der Waals surface area contributed by atoms with E-state index >= 15 is 0 Å². The van der Waals surface area contributed by atoms with E-state index < -0.39 is 10.0 Å². The number of benzene rings is 1. The highest BCUT2D eigenvalue weighted by atomic mass is 32.2. The zero-order chi connectivity index (χ0) is 19.6. The summed E-state index contributed by atoms with van der Waals surface area (Å²) in [5, 5.41) is 8.14. The summed E-state index contributed by atoms with van der Waals surface area (Å²) in [5.41, 5.74) is 1.68. The molecule has 2 aromatic rings. The number of piperazine rings is 1. The molecule has 0 spiro atoms. The Morgan fingerprint density at radius 1 is 1.04 bits per heavy atom. The Kier molecular flexibility index (Phi) is 5.31. The van der Waals surface area contributed by atoms with Gasteiger partial charge in [0, 0.05) is 33.1 Å². The third kappa shape index (κ3) is 4.36. The fourth-order valence-corrected chi connectivity index (χ4v) is 4.32. The Morgan fingerprint density at radius 3 is 2.30 bits per heavy atom. The summed E-state index contributed by atoms with van der Waals surface area (Å²) in [6.07, 6.45) is 0. The van der Waals surface area contributed by atoms with Crippen molar-refractivity contribution >= 4 is 27.6 Å². The van der Waals surface area contributed by atoms with E-state index in [1.807, 2.05) is 17.9 Å². The van der Waals surface area contributed by atoms with Crippen molar-refractivity contribution in [1.29, 1.82) is 0 Å². The summed E-state index contributed by atoms with van der Waals surface area (Å²) >= 11 is 0. The second-order valence-corrected chi connectivity index (χ2v) is 8.30. The summed E-state index contributed by atoms with van der Waals surface area (Å²) < 4.78 is 27.7. The Balaban J connectivity index is 1.70. The number of carbonyl (C=O) groups excluding carboxylic acids is 1. The summed E-state index contributed by atoms with van der Waals surface area (Å²) in [6, 6.07) is 8.50. The number of aromatic nitrogens is 2. The zero-order valence-corrected chi connectivity index (χ0v) is 16.5. The highest BCUT2D eigenvalue weighted by Gasteiger charge is 2.21. The quantitative estimate of drug-likeness (QED) is 0.853. The number of hydrogen-bond donors (Lipinski definition) is 1. The van der Waals surface area contributed by atoms with Gasteiger partial charge in [-0.1, -0.05) is 17.7 Å². The molecule has 1 amide bonds. The van der Waals surface area contributed by atoms with Gasteiger partial charge in [0.1, 0.15) is 0 Å². The first-order valence-corrected chi connectivity index (χ1v) is 10.2. The molecule has 0 atom stereocenters. The minimum atomic E-state index is -3.73. The van der Waals surface area contributed by atoms with Crippen molar-refractivity contribution < 1.29 is 13.2 Å². The van der Waals surface area contributed by atoms with Crippen LogP contribution in [0.25, 0.3) is 0 Å². The Morgan fingerprint density at radius 2 is 1.74 bits per heavy atom. The number of carbonyl (C=O) groups is 1. The first kappa shape index (κ1) is 19.1. The van der Waals surface area contributed by atoms with E-state index in [0.717, 1.165) is 5.56 Å². The molecule has 9 heteroatoms. The van der Waals surface area contributed by atoms with E-state index in [1.54, 1.807) is 43.0 Å². The van der Waals surface area contributed by atoms with Crippen molar-refractivity contribution in [1.82, 2.24) is 15.1 Å². The van der Waals surface area contributed by atoms with Gasteiger partial charge in [-0.05, 0) is 37.6 Å². The normalized spacial score (nSPS) is 14.9. The predicted molar refractivity (Wildman–Crippen MR) is 103 cm³/mol. The molecule has 1 N–H and O–H groups in total. The van der Waals surface area contributed by atoms with Gasteiger partial charge in [-0.15, -0.1) is 10.2 Å². The summed E-state index contributed by atoms with van der Waals surface area (Å²) in [7, 11) is -3.73. The van der Waals surface area contributed by atoms with E-state index in [0.29, 0.717) is 37.6 Å². The molecule has 0 aliphatic carbocycles. The third-order valence-corrected chi connectivity index (χ3v) is 6.07. The minimum absolute atomic E-state index is 0.0666. The van der Waals surface area contributed by atoms with Gasteiger partial charge < -0.3 is 9.80 Å². The predicted octanol–water partition coefficient (Wildman–Crippen LogP) is 1.56. The maximum absolute atomic E-state index is 12.6. The van der Waals surface area contributed by atoms with Crippen LogP contribution in [0.3, 0.4) is 0 Å². The molecule has 1 saturated heterocycles. The molecule has 1 fully saturated rings. The fraction of sp³-hybridized carbons (Fsp3) is 0.389. The molecule has 0 unspecified atom stereocenters. The number of aryl methyl sites for hydroxylation is 2. The molecule has 1 aliphatic rings. The lowest BCUT2D eigenvalue weighted by molar-refractivity contribution is -0.129. The van der Waals surface area contributed by atoms with Crippen LogP contribution < -0.4 is 9.62 Å². The zero-order valence-electron chi connectivity index (χ0n) is 15.6. The van der Waals surface area contributed by atoms with Crippen LogP contribution in [-0.4, -0.2) is 55.6 Å². The Hall–Kier alpha value is -2.68. The minimum Gasteiger partial charge on any atom is -0.352 e. The average molecular weight is 389 g/mol. The van der Waals surface area contributed by atoms with E-state index in [-0.39, 0.29) is 16.6 Å². The Labute approximate surface area is 159 Å². The monoisotopic (exact) mass is 389 g/mol. The maximum atomic E-state index is 12.6. The fourth-order valence-electron chi connectivity index (χ4n) is 3.09. The lowest BCUT2D eigenvalue weighted by Gasteiger charge is -2.34. The number of rotatable bonds is 4. The van der Waals surface area contributed by atoms with Crippen LogP contribution in [0.2, 0.25) is 0 Å². The molecule has 1 aromatic heterocycles. The van der Waals surface area contributed by atoms with Gasteiger partial charge in [0.15, 0.2) is 11.6 Å². The number of amides is 1. The van der Waals surface area contributed by atoms with Crippen LogP contribution in [0.5, 0.6) is 0 Å². The number of anilines is 2. The van der Waals surface area contributed by atoms with Gasteiger partial charge in [-0.2, -0.15) is 0 Å². The molecule has 2 heterocycles. The van der Waals surface area contributed by atoms with Gasteiger partial charge in [-0.25, -0.2) is 8.42 Å². The summed E-state index contributed by atoms with van der Waals surface area (Å²) in [4.78, 5) is 15.4. The second kappa shape index (κ2) is 7.51. The van der Waals surface area contributed by atoms with Crippen molar-refractivity contribution in [2.75, 3.05) is 35.8 Å². The molecule has 0 saturated carbocycles. The first-order chi connectivity index (χ1) is 12.8. The van der Waals surface area contributed by atoms with Crippen molar-refractivity contribution in [3.05, 3.63) is 41.5 Å². The van der Waals surface area contributed by atoms with E-state index in [1.165, 1.54) is 0 Å². The number of nitrogens with one attached hydrogen (secondary N) is 1. The molecule has 1 aliphatic heterocycles. The van der Waals surface area contributed by atoms with Gasteiger partial charge >= 0.3 is 0 Å². The molecule has 27 heavy (non-hydrogen) atoms. The molecule has 144 valence electrons. The van der Waals surface area contributed by atoms with Crippen LogP contribution in [0, 0.1) is 13.8 Å². The largest absolute Gasteiger partial charge is 0.352 e. The maximum Gasteiger partial charge on any atom is 0.263 e. The van der Waals surface area contributed by atoms with Gasteiger partial charge in [0.25, 0.3) is 10.0 Å². The van der Waals surface area contributed by atoms with Gasteiger partial charge in [0.2, 0.25) is 5.91 Å². The smallest absolute Gasteiger partial charge is 0.263 e. The number of sulfonamides is 1. The van der Waals surface area contributed by atoms with Crippen LogP contribution in [0.1, 0.15) is 18.1 Å². The molecular formula is C18H23N5O3S. The highest BCUT2D eigenvalue weighted by molar-refractivity contribution is 7.92. The van der Waals surface area contributed by atoms with Crippen LogP contribution in [0.15, 0.2) is 35.2 Å². The molecule has 3 rings (SSSR count). The van der Waals surface area contributed by atoms with E-state index in [4.69, 9.17) is 0 Å². The van der Waals surface area contributed by atoms with Crippen molar-refractivity contribution in [2.45, 2.75) is 25.7 Å². The van der Waals surface area contributed by atoms with Crippen LogP contribution in [0.4, 0.5) is 11.6 Å². The number of nitrogens with zero attached hydrogens (tertiary/aromatic N) is 4. The van der Waals surface area contributed by atoms with Crippen molar-refractivity contribution in [3.8, 4) is 0 Å². The van der Waals surface area contributed by atoms with E-state index in [9.17, 15) is 13.2 Å². The van der Waals surface area contributed by atoms with Gasteiger partial charge in [0.05, 0.1) is 4.90 Å². The van der Waals surface area contributed by atoms with E-state index in [2.05, 4.69) is 14.9 Å². The average Bonchev–Trinajstić information content (AvgIpc) is 2.62. The number of hydrogen-bond acceptors (Lipinski definition) is 6. The van der Waals surface area contributed by atoms with Crippen molar-refractivity contribution in [2.24, 2.45) is 0 Å². The summed E-state index contributed by atoms with van der Waals surface area (Å²) in [5.74, 6) is 0.894. The molecule has 0 bridgehead atoms. The Bertz CT molecular complexity index is 936.